The Kier molecular flexibility index (Phi) is 9.42. The summed E-state index contributed by atoms with van der Waals surface area (Å²) in [5.41, 5.74) is 1.74. The van der Waals surface area contributed by atoms with Crippen LogP contribution < -0.4 is 4.90 Å². The number of carbonyl (C=O) groups is 3. The van der Waals surface area contributed by atoms with Gasteiger partial charge in [-0.3, -0.25) is 14.4 Å². The highest BCUT2D eigenvalue weighted by atomic mass is 32.2. The first-order chi connectivity index (χ1) is 21.2. The molecule has 0 aliphatic carbocycles. The van der Waals surface area contributed by atoms with E-state index in [1.54, 1.807) is 38.6 Å². The highest BCUT2D eigenvalue weighted by Crippen LogP contribution is 2.72. The van der Waals surface area contributed by atoms with Crippen molar-refractivity contribution in [3.8, 4) is 0 Å². The molecule has 2 aromatic rings. The summed E-state index contributed by atoms with van der Waals surface area (Å²) in [6.45, 7) is 14.7. The number of rotatable bonds is 13. The van der Waals surface area contributed by atoms with Gasteiger partial charge in [0.25, 0.3) is 0 Å². The van der Waals surface area contributed by atoms with Gasteiger partial charge in [-0.2, -0.15) is 0 Å². The van der Waals surface area contributed by atoms with Crippen molar-refractivity contribution >= 4 is 35.2 Å². The molecule has 3 heterocycles. The number of hydrogen-bond acceptors (Lipinski definition) is 5. The fourth-order valence-electron chi connectivity index (χ4n) is 7.78. The Morgan fingerprint density at radius 3 is 2.27 bits per heavy atom. The highest BCUT2D eigenvalue weighted by molar-refractivity contribution is 8.02. The molecule has 7 atom stereocenters. The van der Waals surface area contributed by atoms with Gasteiger partial charge in [0.05, 0.1) is 29.2 Å². The van der Waals surface area contributed by atoms with Gasteiger partial charge in [0.2, 0.25) is 17.7 Å². The minimum atomic E-state index is -0.802. The molecule has 3 fully saturated rings. The number of nitrogens with zero attached hydrogens (tertiary/aromatic N) is 3. The lowest BCUT2D eigenvalue weighted by Gasteiger charge is -2.41. The first-order valence-electron chi connectivity index (χ1n) is 15.7. The second-order valence-corrected chi connectivity index (χ2v) is 14.6. The van der Waals surface area contributed by atoms with Crippen LogP contribution in [-0.4, -0.2) is 73.9 Å². The van der Waals surface area contributed by atoms with Crippen LogP contribution in [0.3, 0.4) is 0 Å². The summed E-state index contributed by atoms with van der Waals surface area (Å²) in [6.07, 6.45) is 5.54. The average Bonchev–Trinajstić information content (AvgIpc) is 3.61. The molecule has 2 aromatic carbocycles. The van der Waals surface area contributed by atoms with Gasteiger partial charge >= 0.3 is 0 Å². The van der Waals surface area contributed by atoms with Crippen LogP contribution in [0.4, 0.5) is 5.69 Å². The number of hydrogen-bond donors (Lipinski definition) is 1. The van der Waals surface area contributed by atoms with Crippen molar-refractivity contribution in [2.45, 2.75) is 68.2 Å². The molecule has 44 heavy (non-hydrogen) atoms. The maximum atomic E-state index is 14.9. The number of benzene rings is 2. The molecule has 0 aromatic heterocycles. The van der Waals surface area contributed by atoms with Gasteiger partial charge in [-0.05, 0) is 43.4 Å². The molecule has 2 bridgehead atoms. The molecule has 0 saturated carbocycles. The van der Waals surface area contributed by atoms with Gasteiger partial charge in [0, 0.05) is 30.1 Å². The number of thioether (sulfide) groups is 1. The van der Waals surface area contributed by atoms with Crippen LogP contribution >= 0.6 is 11.8 Å². The van der Waals surface area contributed by atoms with Crippen LogP contribution in [0.1, 0.15) is 45.6 Å². The van der Waals surface area contributed by atoms with E-state index in [0.29, 0.717) is 26.1 Å². The van der Waals surface area contributed by atoms with Crippen molar-refractivity contribution in [2.75, 3.05) is 24.6 Å². The standard InChI is InChI=1S/C36H45N3O4S/c1-6-21-37(23-26-15-11-9-12-16-26)34(43)31-36-20-19-35(5,44-36)29(30(36)33(42)39(31)28(24-40)25(4)8-3)32(41)38(22-7-2)27-17-13-10-14-18-27/h6-7,9-18,25,28-31,40H,1-2,8,19-24H2,3-5H3/t25-,28-,29-,30-,31?,35+,36?/m0/s1. The number of carbonyl (C=O) groups excluding carboxylic acids is 3. The molecule has 3 aliphatic heterocycles. The first-order valence-corrected chi connectivity index (χ1v) is 16.5. The lowest BCUT2D eigenvalue weighted by molar-refractivity contribution is -0.147. The van der Waals surface area contributed by atoms with E-state index in [1.807, 2.05) is 74.5 Å². The van der Waals surface area contributed by atoms with Crippen LogP contribution in [0, 0.1) is 17.8 Å². The zero-order chi connectivity index (χ0) is 31.6. The van der Waals surface area contributed by atoms with Crippen molar-refractivity contribution in [2.24, 2.45) is 17.8 Å². The minimum absolute atomic E-state index is 0.0371. The third kappa shape index (κ3) is 5.30. The van der Waals surface area contributed by atoms with Crippen molar-refractivity contribution in [3.05, 3.63) is 91.5 Å². The lowest BCUT2D eigenvalue weighted by atomic mass is 9.66. The van der Waals surface area contributed by atoms with Crippen LogP contribution in [0.25, 0.3) is 0 Å². The molecule has 2 unspecified atom stereocenters. The highest BCUT2D eigenvalue weighted by Gasteiger charge is 2.78. The van der Waals surface area contributed by atoms with E-state index in [-0.39, 0.29) is 30.2 Å². The normalized spacial score (nSPS) is 28.3. The molecular weight excluding hydrogens is 570 g/mol. The van der Waals surface area contributed by atoms with E-state index >= 15 is 0 Å². The Morgan fingerprint density at radius 1 is 1.05 bits per heavy atom. The van der Waals surface area contributed by atoms with Gasteiger partial charge < -0.3 is 19.8 Å². The molecular formula is C36H45N3O4S. The summed E-state index contributed by atoms with van der Waals surface area (Å²) in [5, 5.41) is 10.7. The van der Waals surface area contributed by atoms with E-state index in [1.165, 1.54) is 0 Å². The van der Waals surface area contributed by atoms with Gasteiger partial charge in [0.1, 0.15) is 6.04 Å². The Hall–Kier alpha value is -3.36. The Balaban J connectivity index is 1.61. The van der Waals surface area contributed by atoms with Gasteiger partial charge in [0.15, 0.2) is 0 Å². The number of fused-ring (bicyclic) bond motifs is 1. The van der Waals surface area contributed by atoms with Crippen molar-refractivity contribution in [1.82, 2.24) is 9.80 Å². The molecule has 1 N–H and O–H groups in total. The molecule has 7 nitrogen and oxygen atoms in total. The van der Waals surface area contributed by atoms with E-state index < -0.39 is 33.4 Å². The number of aliphatic hydroxyl groups is 1. The SMILES string of the molecule is C=CCN(Cc1ccccc1)C(=O)C1N([C@@H](CO)[C@@H](C)CC)C(=O)[C@@H]2[C@@H](C(=O)N(CC=C)c3ccccc3)[C@@]3(C)CCC12S3. The summed E-state index contributed by atoms with van der Waals surface area (Å²) in [4.78, 5) is 49.5. The maximum Gasteiger partial charge on any atom is 0.247 e. The molecule has 3 aliphatic rings. The molecule has 5 rings (SSSR count). The fraction of sp³-hybridized carbons (Fsp3) is 0.472. The predicted molar refractivity (Wildman–Crippen MR) is 177 cm³/mol. The largest absolute Gasteiger partial charge is 0.394 e. The molecule has 3 amide bonds. The van der Waals surface area contributed by atoms with Gasteiger partial charge in [-0.15, -0.1) is 24.9 Å². The summed E-state index contributed by atoms with van der Waals surface area (Å²) < 4.78 is -1.29. The van der Waals surface area contributed by atoms with E-state index in [0.717, 1.165) is 24.1 Å². The fourth-order valence-corrected chi connectivity index (χ4v) is 10.1. The Bertz CT molecular complexity index is 1390. The second-order valence-electron chi connectivity index (χ2n) is 12.7. The molecule has 234 valence electrons. The monoisotopic (exact) mass is 615 g/mol. The third-order valence-corrected chi connectivity index (χ3v) is 12.1. The second kappa shape index (κ2) is 12.9. The summed E-state index contributed by atoms with van der Waals surface area (Å²) >= 11 is 1.66. The zero-order valence-electron chi connectivity index (χ0n) is 26.1. The molecule has 8 heteroatoms. The van der Waals surface area contributed by atoms with Crippen LogP contribution in [-0.2, 0) is 20.9 Å². The first kappa shape index (κ1) is 32.0. The minimum Gasteiger partial charge on any atom is -0.394 e. The predicted octanol–water partition coefficient (Wildman–Crippen LogP) is 5.31. The zero-order valence-corrected chi connectivity index (χ0v) is 26.9. The number of para-hydroxylation sites is 1. The molecule has 1 spiro atoms. The quantitative estimate of drug-likeness (QED) is 0.309. The Morgan fingerprint density at radius 2 is 1.68 bits per heavy atom. The average molecular weight is 616 g/mol. The maximum absolute atomic E-state index is 14.9. The number of anilines is 1. The van der Waals surface area contributed by atoms with E-state index in [9.17, 15) is 19.5 Å². The molecule has 3 saturated heterocycles. The van der Waals surface area contributed by atoms with Crippen LogP contribution in [0.2, 0.25) is 0 Å². The van der Waals surface area contributed by atoms with E-state index in [4.69, 9.17) is 0 Å². The topological polar surface area (TPSA) is 81.2 Å². The number of likely N-dealkylation sites (tertiary alicyclic amines) is 1. The van der Waals surface area contributed by atoms with Crippen molar-refractivity contribution in [3.63, 3.8) is 0 Å². The lowest BCUT2D eigenvalue weighted by Crippen LogP contribution is -2.58. The van der Waals surface area contributed by atoms with Gasteiger partial charge in [-0.25, -0.2) is 0 Å². The third-order valence-electron chi connectivity index (χ3n) is 10.1. The van der Waals surface area contributed by atoms with Crippen molar-refractivity contribution in [1.29, 1.82) is 0 Å². The van der Waals surface area contributed by atoms with E-state index in [2.05, 4.69) is 20.1 Å². The Labute approximate surface area is 266 Å². The smallest absolute Gasteiger partial charge is 0.247 e. The van der Waals surface area contributed by atoms with Crippen LogP contribution in [0.5, 0.6) is 0 Å². The number of aliphatic hydroxyl groups excluding tert-OH is 1. The van der Waals surface area contributed by atoms with Crippen LogP contribution in [0.15, 0.2) is 86.0 Å². The van der Waals surface area contributed by atoms with Crippen molar-refractivity contribution < 1.29 is 19.5 Å². The summed E-state index contributed by atoms with van der Waals surface area (Å²) in [7, 11) is 0. The van der Waals surface area contributed by atoms with Gasteiger partial charge in [-0.1, -0.05) is 81.0 Å². The molecule has 0 radical (unpaired) electrons. The number of amides is 3. The summed E-state index contributed by atoms with van der Waals surface area (Å²) in [5.74, 6) is -1.79. The summed E-state index contributed by atoms with van der Waals surface area (Å²) in [6, 6.07) is 18.0.